The molecule has 0 aliphatic rings. The quantitative estimate of drug-likeness (QED) is 0.730. The van der Waals surface area contributed by atoms with Crippen LogP contribution in [0.3, 0.4) is 0 Å². The lowest BCUT2D eigenvalue weighted by Gasteiger charge is -2.07. The summed E-state index contributed by atoms with van der Waals surface area (Å²) in [5, 5.41) is 0. The van der Waals surface area contributed by atoms with E-state index in [9.17, 15) is 9.59 Å². The van der Waals surface area contributed by atoms with Crippen LogP contribution in [0.2, 0.25) is 0 Å². The largest absolute Gasteiger partial charge is 0.332 e. The van der Waals surface area contributed by atoms with Gasteiger partial charge >= 0.3 is 0 Å². The van der Waals surface area contributed by atoms with E-state index in [1.807, 2.05) is 30.3 Å². The zero-order valence-corrected chi connectivity index (χ0v) is 8.67. The molecule has 0 radical (unpaired) electrons. The molecule has 0 unspecified atom stereocenters. The second kappa shape index (κ2) is 4.57. The van der Waals surface area contributed by atoms with Gasteiger partial charge in [-0.15, -0.1) is 0 Å². The Hall–Kier alpha value is -2.16. The van der Waals surface area contributed by atoms with Crippen LogP contribution in [0.5, 0.6) is 0 Å². The topological polar surface area (TPSA) is 39.1 Å². The van der Waals surface area contributed by atoms with Crippen LogP contribution < -0.4 is 0 Å². The molecule has 0 N–H and O–H groups in total. The third kappa shape index (κ3) is 1.93. The first-order valence-corrected chi connectivity index (χ1v) is 4.99. The van der Waals surface area contributed by atoms with Crippen molar-refractivity contribution in [2.24, 2.45) is 0 Å². The molecule has 1 aromatic heterocycles. The van der Waals surface area contributed by atoms with E-state index in [4.69, 9.17) is 0 Å². The Labute approximate surface area is 93.3 Å². The minimum atomic E-state index is 0.519. The number of carbonyl (C=O) groups is 2. The molecular weight excluding hydrogens is 202 g/mol. The van der Waals surface area contributed by atoms with E-state index in [1.54, 1.807) is 16.7 Å². The third-order valence-electron chi connectivity index (χ3n) is 2.47. The number of carbonyl (C=O) groups excluding carboxylic acids is 2. The second-order valence-corrected chi connectivity index (χ2v) is 3.49. The molecule has 0 spiro atoms. The number of nitrogens with zero attached hydrogens (tertiary/aromatic N) is 1. The fourth-order valence-corrected chi connectivity index (χ4v) is 1.65. The molecule has 0 amide bonds. The summed E-state index contributed by atoms with van der Waals surface area (Å²) in [5.41, 5.74) is 2.10. The highest BCUT2D eigenvalue weighted by molar-refractivity contribution is 5.79. The molecule has 0 aliphatic heterocycles. The molecule has 16 heavy (non-hydrogen) atoms. The monoisotopic (exact) mass is 213 g/mol. The zero-order chi connectivity index (χ0) is 11.4. The van der Waals surface area contributed by atoms with Gasteiger partial charge in [0.15, 0.2) is 12.6 Å². The van der Waals surface area contributed by atoms with Crippen molar-refractivity contribution >= 4 is 12.6 Å². The van der Waals surface area contributed by atoms with Crippen LogP contribution in [0.15, 0.2) is 42.5 Å². The molecule has 0 aliphatic carbocycles. The standard InChI is InChI=1S/C13H11NO2/c15-9-12-6-7-13(10-16)14(12)8-11-4-2-1-3-5-11/h1-7,9-10H,8H2. The minimum Gasteiger partial charge on any atom is -0.332 e. The van der Waals surface area contributed by atoms with Crippen molar-refractivity contribution in [2.45, 2.75) is 6.54 Å². The summed E-state index contributed by atoms with van der Waals surface area (Å²) in [4.78, 5) is 21.6. The van der Waals surface area contributed by atoms with Crippen LogP contribution in [-0.2, 0) is 6.54 Å². The first-order chi connectivity index (χ1) is 7.85. The van der Waals surface area contributed by atoms with Crippen molar-refractivity contribution in [3.05, 3.63) is 59.4 Å². The zero-order valence-electron chi connectivity index (χ0n) is 8.67. The Morgan fingerprint density at radius 1 is 0.875 bits per heavy atom. The van der Waals surface area contributed by atoms with Gasteiger partial charge in [-0.05, 0) is 17.7 Å². The molecule has 0 atom stereocenters. The Bertz CT molecular complexity index is 474. The first-order valence-electron chi connectivity index (χ1n) is 4.99. The number of aromatic nitrogens is 1. The van der Waals surface area contributed by atoms with Gasteiger partial charge in [-0.1, -0.05) is 30.3 Å². The number of rotatable bonds is 4. The molecular formula is C13H11NO2. The average molecular weight is 213 g/mol. The van der Waals surface area contributed by atoms with Crippen molar-refractivity contribution < 1.29 is 9.59 Å². The Kier molecular flexibility index (Phi) is 2.96. The van der Waals surface area contributed by atoms with Crippen molar-refractivity contribution in [1.82, 2.24) is 4.57 Å². The van der Waals surface area contributed by atoms with Crippen LogP contribution >= 0.6 is 0 Å². The smallest absolute Gasteiger partial charge is 0.166 e. The number of hydrogen-bond acceptors (Lipinski definition) is 2. The Balaban J connectivity index is 2.36. The summed E-state index contributed by atoms with van der Waals surface area (Å²) in [6.45, 7) is 0.538. The maximum absolute atomic E-state index is 10.8. The molecule has 2 rings (SSSR count). The minimum absolute atomic E-state index is 0.519. The van der Waals surface area contributed by atoms with Crippen molar-refractivity contribution in [1.29, 1.82) is 0 Å². The van der Waals surface area contributed by atoms with E-state index in [2.05, 4.69) is 0 Å². The average Bonchev–Trinajstić information content (AvgIpc) is 2.72. The first kappa shape index (κ1) is 10.4. The Morgan fingerprint density at radius 3 is 1.94 bits per heavy atom. The molecule has 3 heteroatoms. The van der Waals surface area contributed by atoms with Crippen molar-refractivity contribution in [2.75, 3.05) is 0 Å². The van der Waals surface area contributed by atoms with E-state index in [0.717, 1.165) is 18.1 Å². The third-order valence-corrected chi connectivity index (χ3v) is 2.47. The number of hydrogen-bond donors (Lipinski definition) is 0. The van der Waals surface area contributed by atoms with E-state index >= 15 is 0 Å². The van der Waals surface area contributed by atoms with Crippen LogP contribution in [0.4, 0.5) is 0 Å². The van der Waals surface area contributed by atoms with E-state index in [-0.39, 0.29) is 0 Å². The van der Waals surface area contributed by atoms with E-state index < -0.39 is 0 Å². The summed E-state index contributed by atoms with van der Waals surface area (Å²) in [5.74, 6) is 0. The molecule has 1 heterocycles. The van der Waals surface area contributed by atoms with Crippen LogP contribution in [0.25, 0.3) is 0 Å². The lowest BCUT2D eigenvalue weighted by Crippen LogP contribution is -2.07. The highest BCUT2D eigenvalue weighted by atomic mass is 16.1. The van der Waals surface area contributed by atoms with Gasteiger partial charge in [0.1, 0.15) is 0 Å². The molecule has 1 aromatic carbocycles. The molecule has 0 fully saturated rings. The van der Waals surface area contributed by atoms with Crippen LogP contribution in [0, 0.1) is 0 Å². The maximum Gasteiger partial charge on any atom is 0.166 e. The summed E-state index contributed by atoms with van der Waals surface area (Å²) in [7, 11) is 0. The molecule has 0 bridgehead atoms. The van der Waals surface area contributed by atoms with Crippen molar-refractivity contribution in [3.8, 4) is 0 Å². The molecule has 3 nitrogen and oxygen atoms in total. The van der Waals surface area contributed by atoms with Crippen LogP contribution in [0.1, 0.15) is 26.5 Å². The van der Waals surface area contributed by atoms with Crippen molar-refractivity contribution in [3.63, 3.8) is 0 Å². The summed E-state index contributed by atoms with van der Waals surface area (Å²) in [6.07, 6.45) is 1.52. The molecule has 0 saturated carbocycles. The normalized spacial score (nSPS) is 10.0. The van der Waals surface area contributed by atoms with E-state index in [0.29, 0.717) is 17.9 Å². The van der Waals surface area contributed by atoms with Gasteiger partial charge in [0.25, 0.3) is 0 Å². The van der Waals surface area contributed by atoms with Gasteiger partial charge in [0.2, 0.25) is 0 Å². The lowest BCUT2D eigenvalue weighted by molar-refractivity contribution is 0.111. The Morgan fingerprint density at radius 2 is 1.44 bits per heavy atom. The SMILES string of the molecule is O=Cc1ccc(C=O)n1Cc1ccccc1. The van der Waals surface area contributed by atoms with Gasteiger partial charge in [0.05, 0.1) is 11.4 Å². The maximum atomic E-state index is 10.8. The highest BCUT2D eigenvalue weighted by Gasteiger charge is 2.06. The van der Waals surface area contributed by atoms with Gasteiger partial charge in [-0.2, -0.15) is 0 Å². The van der Waals surface area contributed by atoms with Gasteiger partial charge in [-0.25, -0.2) is 0 Å². The molecule has 0 saturated heterocycles. The molecule has 2 aromatic rings. The highest BCUT2D eigenvalue weighted by Crippen LogP contribution is 2.10. The van der Waals surface area contributed by atoms with Gasteiger partial charge in [-0.3, -0.25) is 9.59 Å². The predicted octanol–water partition coefficient (Wildman–Crippen LogP) is 2.16. The predicted molar refractivity (Wildman–Crippen MR) is 60.8 cm³/mol. The summed E-state index contributed by atoms with van der Waals surface area (Å²) >= 11 is 0. The molecule has 80 valence electrons. The fraction of sp³-hybridized carbons (Fsp3) is 0.0769. The van der Waals surface area contributed by atoms with E-state index in [1.165, 1.54) is 0 Å². The van der Waals surface area contributed by atoms with Gasteiger partial charge < -0.3 is 4.57 Å². The summed E-state index contributed by atoms with van der Waals surface area (Å²) in [6, 6.07) is 13.0. The summed E-state index contributed by atoms with van der Waals surface area (Å²) < 4.78 is 1.70. The lowest BCUT2D eigenvalue weighted by atomic mass is 10.2. The fourth-order valence-electron chi connectivity index (χ4n) is 1.65. The number of benzene rings is 1. The van der Waals surface area contributed by atoms with Gasteiger partial charge in [0, 0.05) is 6.54 Å². The number of aldehydes is 2. The van der Waals surface area contributed by atoms with Crippen LogP contribution in [-0.4, -0.2) is 17.1 Å². The second-order valence-electron chi connectivity index (χ2n) is 3.49.